The first-order chi connectivity index (χ1) is 10.6. The molecule has 0 unspecified atom stereocenters. The Balaban J connectivity index is 1.97. The molecule has 1 N–H and O–H groups in total. The molecular weight excluding hydrogens is 300 g/mol. The number of nitrogens with zero attached hydrogens (tertiary/aromatic N) is 2. The molecule has 4 nitrogen and oxygen atoms in total. The van der Waals surface area contributed by atoms with Gasteiger partial charge in [0.15, 0.2) is 0 Å². The van der Waals surface area contributed by atoms with Crippen molar-refractivity contribution in [1.29, 1.82) is 0 Å². The van der Waals surface area contributed by atoms with Crippen molar-refractivity contribution in [1.82, 2.24) is 9.78 Å². The van der Waals surface area contributed by atoms with Crippen molar-refractivity contribution in [2.24, 2.45) is 0 Å². The van der Waals surface area contributed by atoms with E-state index in [1.807, 2.05) is 42.5 Å². The number of benzene rings is 2. The van der Waals surface area contributed by atoms with Gasteiger partial charge in [0.2, 0.25) is 0 Å². The van der Waals surface area contributed by atoms with Crippen LogP contribution in [0.1, 0.15) is 16.1 Å². The molecule has 0 spiro atoms. The molecule has 0 atom stereocenters. The van der Waals surface area contributed by atoms with Gasteiger partial charge >= 0.3 is 5.97 Å². The molecule has 0 fully saturated rings. The minimum absolute atomic E-state index is 0.161. The first kappa shape index (κ1) is 14.4. The van der Waals surface area contributed by atoms with E-state index in [0.29, 0.717) is 17.3 Å². The Morgan fingerprint density at radius 3 is 2.41 bits per heavy atom. The fourth-order valence-corrected chi connectivity index (χ4v) is 2.35. The molecule has 0 aliphatic heterocycles. The summed E-state index contributed by atoms with van der Waals surface area (Å²) < 4.78 is 1.49. The minimum atomic E-state index is -0.997. The molecule has 2 aromatic carbocycles. The molecule has 0 saturated heterocycles. The molecular formula is C17H13ClN2O2. The smallest absolute Gasteiger partial charge is 0.354 e. The lowest BCUT2D eigenvalue weighted by Gasteiger charge is -2.04. The lowest BCUT2D eigenvalue weighted by molar-refractivity contribution is 0.0684. The Morgan fingerprint density at radius 1 is 1.09 bits per heavy atom. The van der Waals surface area contributed by atoms with Crippen molar-refractivity contribution >= 4 is 17.6 Å². The van der Waals surface area contributed by atoms with Crippen molar-refractivity contribution in [2.75, 3.05) is 0 Å². The summed E-state index contributed by atoms with van der Waals surface area (Å²) in [6.07, 6.45) is 0. The number of aromatic carboxylic acids is 1. The zero-order chi connectivity index (χ0) is 15.5. The van der Waals surface area contributed by atoms with Gasteiger partial charge in [-0.15, -0.1) is 0 Å². The van der Waals surface area contributed by atoms with E-state index in [9.17, 15) is 9.90 Å². The van der Waals surface area contributed by atoms with Crippen LogP contribution in [-0.2, 0) is 6.54 Å². The van der Waals surface area contributed by atoms with Gasteiger partial charge in [-0.25, -0.2) is 4.79 Å². The van der Waals surface area contributed by atoms with Crippen LogP contribution in [0.5, 0.6) is 0 Å². The SMILES string of the molecule is O=C(O)c1cc(-c2ccccc2)nn1Cc1ccc(Cl)cc1. The second kappa shape index (κ2) is 6.03. The molecule has 3 rings (SSSR count). The van der Waals surface area contributed by atoms with E-state index >= 15 is 0 Å². The molecule has 0 amide bonds. The van der Waals surface area contributed by atoms with Gasteiger partial charge in [0.25, 0.3) is 0 Å². The van der Waals surface area contributed by atoms with Crippen LogP contribution in [0.15, 0.2) is 60.7 Å². The second-order valence-corrected chi connectivity index (χ2v) is 5.31. The molecule has 22 heavy (non-hydrogen) atoms. The van der Waals surface area contributed by atoms with Crippen LogP contribution in [0.3, 0.4) is 0 Å². The molecule has 5 heteroatoms. The normalized spacial score (nSPS) is 10.6. The van der Waals surface area contributed by atoms with Crippen molar-refractivity contribution in [3.05, 3.63) is 76.9 Å². The first-order valence-corrected chi connectivity index (χ1v) is 7.12. The van der Waals surface area contributed by atoms with E-state index in [0.717, 1.165) is 11.1 Å². The quantitative estimate of drug-likeness (QED) is 0.793. The van der Waals surface area contributed by atoms with E-state index in [2.05, 4.69) is 5.10 Å². The maximum Gasteiger partial charge on any atom is 0.354 e. The third kappa shape index (κ3) is 3.02. The lowest BCUT2D eigenvalue weighted by atomic mass is 10.1. The molecule has 0 radical (unpaired) electrons. The summed E-state index contributed by atoms with van der Waals surface area (Å²) in [5, 5.41) is 14.4. The molecule has 0 bridgehead atoms. The van der Waals surface area contributed by atoms with Crippen LogP contribution in [0.2, 0.25) is 5.02 Å². The summed E-state index contributed by atoms with van der Waals surface area (Å²) >= 11 is 5.86. The van der Waals surface area contributed by atoms with Crippen molar-refractivity contribution in [3.63, 3.8) is 0 Å². The lowest BCUT2D eigenvalue weighted by Crippen LogP contribution is -2.10. The van der Waals surface area contributed by atoms with Gasteiger partial charge < -0.3 is 5.11 Å². The number of hydrogen-bond acceptors (Lipinski definition) is 2. The van der Waals surface area contributed by atoms with Crippen LogP contribution in [0.4, 0.5) is 0 Å². The highest BCUT2D eigenvalue weighted by molar-refractivity contribution is 6.30. The van der Waals surface area contributed by atoms with Gasteiger partial charge in [0, 0.05) is 10.6 Å². The van der Waals surface area contributed by atoms with E-state index in [-0.39, 0.29) is 5.69 Å². The standard InChI is InChI=1S/C17H13ClN2O2/c18-14-8-6-12(7-9-14)11-20-16(17(21)22)10-15(19-20)13-4-2-1-3-5-13/h1-10H,11H2,(H,21,22). The summed E-state index contributed by atoms with van der Waals surface area (Å²) in [7, 11) is 0. The van der Waals surface area contributed by atoms with Crippen LogP contribution in [-0.4, -0.2) is 20.9 Å². The highest BCUT2D eigenvalue weighted by Crippen LogP contribution is 2.20. The Morgan fingerprint density at radius 2 is 1.77 bits per heavy atom. The van der Waals surface area contributed by atoms with Gasteiger partial charge in [-0.2, -0.15) is 5.10 Å². The molecule has 0 saturated carbocycles. The summed E-state index contributed by atoms with van der Waals surface area (Å²) in [4.78, 5) is 11.4. The van der Waals surface area contributed by atoms with Crippen LogP contribution >= 0.6 is 11.6 Å². The van der Waals surface area contributed by atoms with Gasteiger partial charge in [0.1, 0.15) is 5.69 Å². The average molecular weight is 313 g/mol. The summed E-state index contributed by atoms with van der Waals surface area (Å²) in [6, 6.07) is 18.4. The largest absolute Gasteiger partial charge is 0.477 e. The maximum atomic E-state index is 11.4. The van der Waals surface area contributed by atoms with Gasteiger partial charge in [-0.05, 0) is 23.8 Å². The Labute approximate surface area is 132 Å². The summed E-state index contributed by atoms with van der Waals surface area (Å²) in [6.45, 7) is 0.381. The Bertz CT molecular complexity index is 795. The van der Waals surface area contributed by atoms with E-state index in [1.165, 1.54) is 4.68 Å². The number of rotatable bonds is 4. The predicted molar refractivity (Wildman–Crippen MR) is 85.2 cm³/mol. The summed E-state index contributed by atoms with van der Waals surface area (Å²) in [5.41, 5.74) is 2.63. The average Bonchev–Trinajstić information content (AvgIpc) is 2.95. The van der Waals surface area contributed by atoms with Crippen LogP contribution in [0.25, 0.3) is 11.3 Å². The topological polar surface area (TPSA) is 55.1 Å². The highest BCUT2D eigenvalue weighted by Gasteiger charge is 2.15. The third-order valence-corrected chi connectivity index (χ3v) is 3.57. The number of halogens is 1. The zero-order valence-corrected chi connectivity index (χ0v) is 12.4. The van der Waals surface area contributed by atoms with Crippen LogP contribution in [0, 0.1) is 0 Å². The van der Waals surface area contributed by atoms with Crippen molar-refractivity contribution < 1.29 is 9.90 Å². The zero-order valence-electron chi connectivity index (χ0n) is 11.6. The Kier molecular flexibility index (Phi) is 3.94. The number of aromatic nitrogens is 2. The van der Waals surface area contributed by atoms with Crippen molar-refractivity contribution in [3.8, 4) is 11.3 Å². The molecule has 1 aromatic heterocycles. The monoisotopic (exact) mass is 312 g/mol. The summed E-state index contributed by atoms with van der Waals surface area (Å²) in [5.74, 6) is -0.997. The molecule has 0 aliphatic rings. The second-order valence-electron chi connectivity index (χ2n) is 4.87. The first-order valence-electron chi connectivity index (χ1n) is 6.74. The molecule has 3 aromatic rings. The molecule has 110 valence electrons. The fourth-order valence-electron chi connectivity index (χ4n) is 2.22. The Hall–Kier alpha value is -2.59. The van der Waals surface area contributed by atoms with Crippen LogP contribution < -0.4 is 0 Å². The number of carboxylic acids is 1. The van der Waals surface area contributed by atoms with E-state index < -0.39 is 5.97 Å². The van der Waals surface area contributed by atoms with Crippen molar-refractivity contribution in [2.45, 2.75) is 6.54 Å². The fraction of sp³-hybridized carbons (Fsp3) is 0.0588. The van der Waals surface area contributed by atoms with Gasteiger partial charge in [-0.1, -0.05) is 54.1 Å². The molecule has 1 heterocycles. The third-order valence-electron chi connectivity index (χ3n) is 3.31. The highest BCUT2D eigenvalue weighted by atomic mass is 35.5. The van der Waals surface area contributed by atoms with Gasteiger partial charge in [0.05, 0.1) is 12.2 Å². The minimum Gasteiger partial charge on any atom is -0.477 e. The maximum absolute atomic E-state index is 11.4. The molecule has 0 aliphatic carbocycles. The van der Waals surface area contributed by atoms with E-state index in [1.54, 1.807) is 18.2 Å². The number of carboxylic acid groups (broad SMARTS) is 1. The van der Waals surface area contributed by atoms with Gasteiger partial charge in [-0.3, -0.25) is 4.68 Å². The van der Waals surface area contributed by atoms with E-state index in [4.69, 9.17) is 11.6 Å². The predicted octanol–water partition coefficient (Wildman–Crippen LogP) is 3.95. The number of hydrogen-bond donors (Lipinski definition) is 1. The number of carbonyl (C=O) groups is 1.